The highest BCUT2D eigenvalue weighted by molar-refractivity contribution is 7.14. The smallest absolute Gasteiger partial charge is 0.341 e. The van der Waals surface area contributed by atoms with Crippen LogP contribution in [0.5, 0.6) is 5.75 Å². The molecule has 0 aliphatic carbocycles. The molecule has 7 heteroatoms. The third-order valence-corrected chi connectivity index (χ3v) is 3.86. The molecule has 120 valence electrons. The number of carbonyl (C=O) groups excluding carboxylic acids is 1. The number of phenols is 1. The second kappa shape index (κ2) is 7.38. The predicted octanol–water partition coefficient (Wildman–Crippen LogP) is 3.67. The first-order chi connectivity index (χ1) is 11.7. The summed E-state index contributed by atoms with van der Waals surface area (Å²) in [7, 11) is 0. The molecule has 0 aliphatic heterocycles. The summed E-state index contributed by atoms with van der Waals surface area (Å²) in [6, 6.07) is 15.9. The van der Waals surface area contributed by atoms with E-state index in [2.05, 4.69) is 20.8 Å². The first-order valence-electron chi connectivity index (χ1n) is 7.11. The number of thiazole rings is 1. The van der Waals surface area contributed by atoms with E-state index >= 15 is 0 Å². The summed E-state index contributed by atoms with van der Waals surface area (Å²) in [5.74, 6) is 0.0934. The van der Waals surface area contributed by atoms with Crippen molar-refractivity contribution >= 4 is 28.7 Å². The van der Waals surface area contributed by atoms with Gasteiger partial charge in [0.05, 0.1) is 11.9 Å². The normalized spacial score (nSPS) is 10.7. The van der Waals surface area contributed by atoms with E-state index in [9.17, 15) is 9.90 Å². The molecule has 0 spiro atoms. The lowest BCUT2D eigenvalue weighted by Crippen LogP contribution is -2.24. The molecule has 0 saturated carbocycles. The predicted molar refractivity (Wildman–Crippen MR) is 95.4 cm³/mol. The number of nitrogens with zero attached hydrogens (tertiary/aromatic N) is 2. The average molecular weight is 338 g/mol. The van der Waals surface area contributed by atoms with Crippen LogP contribution >= 0.6 is 11.3 Å². The molecule has 6 nitrogen and oxygen atoms in total. The van der Waals surface area contributed by atoms with Gasteiger partial charge in [-0.05, 0) is 12.1 Å². The number of carbonyl (C=O) groups is 1. The van der Waals surface area contributed by atoms with Gasteiger partial charge in [-0.15, -0.1) is 11.3 Å². The Balaban J connectivity index is 1.58. The first-order valence-corrected chi connectivity index (χ1v) is 7.99. The van der Waals surface area contributed by atoms with Crippen molar-refractivity contribution in [3.63, 3.8) is 0 Å². The Morgan fingerprint density at radius 2 is 1.88 bits per heavy atom. The van der Waals surface area contributed by atoms with Crippen molar-refractivity contribution in [3.8, 4) is 17.0 Å². The number of amides is 2. The summed E-state index contributed by atoms with van der Waals surface area (Å²) in [6.07, 6.45) is 1.37. The van der Waals surface area contributed by atoms with Gasteiger partial charge in [0.1, 0.15) is 5.75 Å². The molecule has 0 unspecified atom stereocenters. The number of hydrogen-bond donors (Lipinski definition) is 3. The molecule has 2 amide bonds. The van der Waals surface area contributed by atoms with Crippen LogP contribution in [-0.4, -0.2) is 22.3 Å². The fraction of sp³-hybridized carbons (Fsp3) is 0. The molecule has 3 aromatic rings. The highest BCUT2D eigenvalue weighted by Gasteiger charge is 2.07. The number of nitrogens with one attached hydrogen (secondary N) is 2. The van der Waals surface area contributed by atoms with Crippen LogP contribution < -0.4 is 10.7 Å². The lowest BCUT2D eigenvalue weighted by atomic mass is 10.2. The Labute approximate surface area is 142 Å². The van der Waals surface area contributed by atoms with Crippen molar-refractivity contribution in [1.82, 2.24) is 10.4 Å². The molecule has 24 heavy (non-hydrogen) atoms. The van der Waals surface area contributed by atoms with E-state index in [1.807, 2.05) is 35.7 Å². The first kappa shape index (κ1) is 15.7. The number of benzene rings is 2. The van der Waals surface area contributed by atoms with Crippen molar-refractivity contribution in [2.75, 3.05) is 5.32 Å². The van der Waals surface area contributed by atoms with Crippen LogP contribution in [0, 0.1) is 0 Å². The summed E-state index contributed by atoms with van der Waals surface area (Å²) >= 11 is 1.33. The van der Waals surface area contributed by atoms with Gasteiger partial charge in [-0.3, -0.25) is 5.32 Å². The number of rotatable bonds is 4. The standard InChI is InChI=1S/C17H14N4O2S/c22-15-9-5-4-8-13(15)10-18-21-16(23)20-17-19-14(11-24-17)12-6-2-1-3-7-12/h1-11,22H,(H2,19,20,21,23)/b18-10+. The van der Waals surface area contributed by atoms with E-state index in [0.717, 1.165) is 11.3 Å². The monoisotopic (exact) mass is 338 g/mol. The van der Waals surface area contributed by atoms with Gasteiger partial charge >= 0.3 is 6.03 Å². The quantitative estimate of drug-likeness (QED) is 0.501. The zero-order valence-corrected chi connectivity index (χ0v) is 13.3. The van der Waals surface area contributed by atoms with E-state index in [-0.39, 0.29) is 5.75 Å². The minimum atomic E-state index is -0.504. The number of hydrogen-bond acceptors (Lipinski definition) is 5. The molecule has 2 aromatic carbocycles. The van der Waals surface area contributed by atoms with Gasteiger partial charge in [-0.1, -0.05) is 42.5 Å². The number of aromatic hydroxyl groups is 1. The molecule has 0 radical (unpaired) electrons. The Kier molecular flexibility index (Phi) is 4.83. The largest absolute Gasteiger partial charge is 0.507 e. The molecule has 1 aromatic heterocycles. The molecular formula is C17H14N4O2S. The maximum Gasteiger partial charge on any atom is 0.341 e. The van der Waals surface area contributed by atoms with E-state index in [1.165, 1.54) is 17.6 Å². The zero-order chi connectivity index (χ0) is 16.8. The molecule has 0 atom stereocenters. The van der Waals surface area contributed by atoms with Crippen molar-refractivity contribution in [2.24, 2.45) is 5.10 Å². The van der Waals surface area contributed by atoms with Gasteiger partial charge in [-0.2, -0.15) is 5.10 Å². The van der Waals surface area contributed by atoms with E-state index in [4.69, 9.17) is 0 Å². The van der Waals surface area contributed by atoms with Crippen LogP contribution in [0.4, 0.5) is 9.93 Å². The number of hydrazone groups is 1. The molecule has 0 bridgehead atoms. The van der Waals surface area contributed by atoms with Gasteiger partial charge < -0.3 is 5.11 Å². The van der Waals surface area contributed by atoms with Gasteiger partial charge in [0.2, 0.25) is 0 Å². The van der Waals surface area contributed by atoms with Crippen LogP contribution in [0.2, 0.25) is 0 Å². The highest BCUT2D eigenvalue weighted by Crippen LogP contribution is 2.24. The number of anilines is 1. The maximum atomic E-state index is 11.8. The topological polar surface area (TPSA) is 86.6 Å². The van der Waals surface area contributed by atoms with Crippen LogP contribution in [-0.2, 0) is 0 Å². The third kappa shape index (κ3) is 3.96. The molecule has 0 saturated heterocycles. The Morgan fingerprint density at radius 3 is 2.67 bits per heavy atom. The van der Waals surface area contributed by atoms with Gasteiger partial charge in [0.15, 0.2) is 5.13 Å². The second-order valence-electron chi connectivity index (χ2n) is 4.79. The maximum absolute atomic E-state index is 11.8. The summed E-state index contributed by atoms with van der Waals surface area (Å²) in [5.41, 5.74) is 4.63. The van der Waals surface area contributed by atoms with Crippen molar-refractivity contribution in [3.05, 3.63) is 65.5 Å². The molecule has 1 heterocycles. The average Bonchev–Trinajstić information content (AvgIpc) is 3.06. The second-order valence-corrected chi connectivity index (χ2v) is 5.64. The van der Waals surface area contributed by atoms with E-state index in [1.54, 1.807) is 24.3 Å². The minimum Gasteiger partial charge on any atom is -0.507 e. The van der Waals surface area contributed by atoms with Crippen molar-refractivity contribution < 1.29 is 9.90 Å². The summed E-state index contributed by atoms with van der Waals surface area (Å²) in [5, 5.41) is 18.3. The number of para-hydroxylation sites is 1. The lowest BCUT2D eigenvalue weighted by molar-refractivity contribution is 0.252. The fourth-order valence-corrected chi connectivity index (χ4v) is 2.67. The third-order valence-electron chi connectivity index (χ3n) is 3.10. The molecule has 0 aliphatic rings. The van der Waals surface area contributed by atoms with Gasteiger partial charge in [0, 0.05) is 16.5 Å². The zero-order valence-electron chi connectivity index (χ0n) is 12.5. The number of aromatic nitrogens is 1. The Bertz CT molecular complexity index is 862. The van der Waals surface area contributed by atoms with Gasteiger partial charge in [0.25, 0.3) is 0 Å². The van der Waals surface area contributed by atoms with Crippen LogP contribution in [0.3, 0.4) is 0 Å². The van der Waals surface area contributed by atoms with E-state index < -0.39 is 6.03 Å². The molecule has 3 rings (SSSR count). The summed E-state index contributed by atoms with van der Waals surface area (Å²) < 4.78 is 0. The van der Waals surface area contributed by atoms with Crippen molar-refractivity contribution in [1.29, 1.82) is 0 Å². The highest BCUT2D eigenvalue weighted by atomic mass is 32.1. The minimum absolute atomic E-state index is 0.0934. The van der Waals surface area contributed by atoms with Crippen LogP contribution in [0.1, 0.15) is 5.56 Å². The van der Waals surface area contributed by atoms with Gasteiger partial charge in [-0.25, -0.2) is 15.2 Å². The number of phenolic OH excluding ortho intramolecular Hbond substituents is 1. The van der Waals surface area contributed by atoms with Crippen molar-refractivity contribution in [2.45, 2.75) is 0 Å². The SMILES string of the molecule is O=C(N/N=C/c1ccccc1O)Nc1nc(-c2ccccc2)cs1. The van der Waals surface area contributed by atoms with Crippen LogP contribution in [0.15, 0.2) is 65.1 Å². The Morgan fingerprint density at radius 1 is 1.12 bits per heavy atom. The number of urea groups is 1. The van der Waals surface area contributed by atoms with E-state index in [0.29, 0.717) is 10.7 Å². The van der Waals surface area contributed by atoms with Crippen LogP contribution in [0.25, 0.3) is 11.3 Å². The molecule has 3 N–H and O–H groups in total. The lowest BCUT2D eigenvalue weighted by Gasteiger charge is -2.00. The molecular weight excluding hydrogens is 324 g/mol. The summed E-state index contributed by atoms with van der Waals surface area (Å²) in [6.45, 7) is 0. The fourth-order valence-electron chi connectivity index (χ4n) is 1.95. The summed E-state index contributed by atoms with van der Waals surface area (Å²) in [4.78, 5) is 16.2. The Hall–Kier alpha value is -3.19. The molecule has 0 fully saturated rings.